The summed E-state index contributed by atoms with van der Waals surface area (Å²) in [6.45, 7) is 2.95. The zero-order chi connectivity index (χ0) is 20.6. The smallest absolute Gasteiger partial charge is 0.268 e. The van der Waals surface area contributed by atoms with Gasteiger partial charge in [0.05, 0.1) is 19.3 Å². The van der Waals surface area contributed by atoms with Crippen LogP contribution in [0.5, 0.6) is 5.75 Å². The molecule has 7 heteroatoms. The molecule has 0 bridgehead atoms. The first kappa shape index (κ1) is 19.8. The third-order valence-corrected chi connectivity index (χ3v) is 6.85. The first-order valence-electron chi connectivity index (χ1n) is 9.50. The summed E-state index contributed by atoms with van der Waals surface area (Å²) in [7, 11) is 3.09. The number of fused-ring (bicyclic) bond motifs is 2. The Morgan fingerprint density at radius 2 is 1.93 bits per heavy atom. The van der Waals surface area contributed by atoms with Crippen LogP contribution in [0.15, 0.2) is 42.5 Å². The zero-order valence-electron chi connectivity index (χ0n) is 16.8. The number of aryl methyl sites for hydroxylation is 1. The minimum Gasteiger partial charge on any atom is -0.497 e. The number of carbonyl (C=O) groups is 2. The topological polar surface area (TPSA) is 59.1 Å². The number of nitrogens with zero attached hydrogens (tertiary/aromatic N) is 2. The summed E-state index contributed by atoms with van der Waals surface area (Å²) in [5.41, 5.74) is 3.84. The van der Waals surface area contributed by atoms with Gasteiger partial charge >= 0.3 is 0 Å². The number of hydrogen-bond donors (Lipinski definition) is 0. The summed E-state index contributed by atoms with van der Waals surface area (Å²) in [5.74, 6) is 1.08. The Morgan fingerprint density at radius 3 is 2.62 bits per heavy atom. The van der Waals surface area contributed by atoms with E-state index in [4.69, 9.17) is 9.47 Å². The molecule has 2 aromatic rings. The number of amides is 2. The average molecular weight is 413 g/mol. The molecule has 1 fully saturated rings. The summed E-state index contributed by atoms with van der Waals surface area (Å²) in [4.78, 5) is 29.0. The normalized spacial score (nSPS) is 20.4. The number of methoxy groups -OCH3 is 2. The first-order chi connectivity index (χ1) is 14.0. The molecular weight excluding hydrogens is 388 g/mol. The minimum atomic E-state index is -1.07. The van der Waals surface area contributed by atoms with E-state index >= 15 is 0 Å². The van der Waals surface area contributed by atoms with Crippen molar-refractivity contribution in [1.29, 1.82) is 0 Å². The minimum absolute atomic E-state index is 0.0488. The SMILES string of the molecule is COCC(=O)N1CCSC12C(=O)N(Cc1ccc(C)cc1)c1ccc(OC)cc12. The van der Waals surface area contributed by atoms with E-state index in [0.29, 0.717) is 24.6 Å². The molecule has 0 saturated carbocycles. The highest BCUT2D eigenvalue weighted by atomic mass is 32.2. The largest absolute Gasteiger partial charge is 0.497 e. The second kappa shape index (κ2) is 7.72. The average Bonchev–Trinajstić information content (AvgIpc) is 3.27. The van der Waals surface area contributed by atoms with Gasteiger partial charge in [0, 0.05) is 25.0 Å². The molecule has 152 valence electrons. The highest BCUT2D eigenvalue weighted by Crippen LogP contribution is 2.55. The van der Waals surface area contributed by atoms with Crippen molar-refractivity contribution in [3.05, 3.63) is 59.2 Å². The van der Waals surface area contributed by atoms with Gasteiger partial charge in [-0.05, 0) is 30.7 Å². The lowest BCUT2D eigenvalue weighted by atomic mass is 10.1. The Labute approximate surface area is 174 Å². The Hall–Kier alpha value is -2.51. The molecule has 29 heavy (non-hydrogen) atoms. The lowest BCUT2D eigenvalue weighted by molar-refractivity contribution is -0.143. The monoisotopic (exact) mass is 412 g/mol. The van der Waals surface area contributed by atoms with Crippen LogP contribution in [0.4, 0.5) is 5.69 Å². The van der Waals surface area contributed by atoms with Crippen LogP contribution in [0.3, 0.4) is 0 Å². The first-order valence-corrected chi connectivity index (χ1v) is 10.5. The second-order valence-corrected chi connectivity index (χ2v) is 8.52. The zero-order valence-corrected chi connectivity index (χ0v) is 17.6. The molecule has 0 aliphatic carbocycles. The van der Waals surface area contributed by atoms with Gasteiger partial charge in [-0.3, -0.25) is 9.59 Å². The molecule has 2 aliphatic rings. The second-order valence-electron chi connectivity index (χ2n) is 7.23. The number of ether oxygens (including phenoxy) is 2. The van der Waals surface area contributed by atoms with Crippen LogP contribution < -0.4 is 9.64 Å². The van der Waals surface area contributed by atoms with E-state index in [1.807, 2.05) is 49.4 Å². The van der Waals surface area contributed by atoms with Gasteiger partial charge in [0.15, 0.2) is 4.87 Å². The fourth-order valence-corrected chi connectivity index (χ4v) is 5.48. The van der Waals surface area contributed by atoms with E-state index in [0.717, 1.165) is 16.8 Å². The van der Waals surface area contributed by atoms with Gasteiger partial charge in [-0.25, -0.2) is 0 Å². The summed E-state index contributed by atoms with van der Waals surface area (Å²) < 4.78 is 10.5. The standard InChI is InChI=1S/C22H24N2O4S/c1-15-4-6-16(7-5-15)13-23-19-9-8-17(28-3)12-18(19)22(21(23)26)24(10-11-29-22)20(25)14-27-2/h4-9,12H,10-11,13-14H2,1-3H3. The highest BCUT2D eigenvalue weighted by Gasteiger charge is 2.59. The fourth-order valence-electron chi connectivity index (χ4n) is 4.01. The molecule has 2 aliphatic heterocycles. The maximum atomic E-state index is 13.8. The van der Waals surface area contributed by atoms with Crippen LogP contribution in [0.25, 0.3) is 0 Å². The van der Waals surface area contributed by atoms with Gasteiger partial charge in [0.1, 0.15) is 12.4 Å². The molecule has 1 unspecified atom stereocenters. The maximum absolute atomic E-state index is 13.8. The summed E-state index contributed by atoms with van der Waals surface area (Å²) in [6, 6.07) is 13.8. The number of anilines is 1. The van der Waals surface area contributed by atoms with Crippen molar-refractivity contribution in [2.45, 2.75) is 18.3 Å². The molecule has 1 spiro atoms. The van der Waals surface area contributed by atoms with Crippen LogP contribution in [0.2, 0.25) is 0 Å². The van der Waals surface area contributed by atoms with Gasteiger partial charge in [-0.15, -0.1) is 11.8 Å². The van der Waals surface area contributed by atoms with E-state index < -0.39 is 4.87 Å². The van der Waals surface area contributed by atoms with Crippen LogP contribution in [-0.4, -0.2) is 49.8 Å². The molecule has 2 amide bonds. The van der Waals surface area contributed by atoms with Gasteiger partial charge in [0.25, 0.3) is 5.91 Å². The molecule has 2 heterocycles. The summed E-state index contributed by atoms with van der Waals surface area (Å²) in [6.07, 6.45) is 0. The van der Waals surface area contributed by atoms with E-state index in [1.54, 1.807) is 16.9 Å². The van der Waals surface area contributed by atoms with Gasteiger partial charge in [-0.2, -0.15) is 0 Å². The van der Waals surface area contributed by atoms with Crippen molar-refractivity contribution < 1.29 is 19.1 Å². The molecule has 1 atom stereocenters. The van der Waals surface area contributed by atoms with Crippen molar-refractivity contribution in [3.63, 3.8) is 0 Å². The Balaban J connectivity index is 1.80. The fraction of sp³-hybridized carbons (Fsp3) is 0.364. The number of carbonyl (C=O) groups excluding carboxylic acids is 2. The van der Waals surface area contributed by atoms with Crippen molar-refractivity contribution in [2.75, 3.05) is 38.0 Å². The predicted molar refractivity (Wildman–Crippen MR) is 113 cm³/mol. The van der Waals surface area contributed by atoms with E-state index in [9.17, 15) is 9.59 Å². The number of benzene rings is 2. The molecule has 0 aromatic heterocycles. The molecule has 0 N–H and O–H groups in total. The van der Waals surface area contributed by atoms with Crippen LogP contribution >= 0.6 is 11.8 Å². The lowest BCUT2D eigenvalue weighted by Crippen LogP contribution is -2.51. The lowest BCUT2D eigenvalue weighted by Gasteiger charge is -2.33. The number of thioether (sulfide) groups is 1. The Kier molecular flexibility index (Phi) is 5.27. The van der Waals surface area contributed by atoms with E-state index in [2.05, 4.69) is 0 Å². The predicted octanol–water partition coefficient (Wildman–Crippen LogP) is 2.93. The quantitative estimate of drug-likeness (QED) is 0.756. The van der Waals surface area contributed by atoms with Crippen molar-refractivity contribution in [2.24, 2.45) is 0 Å². The van der Waals surface area contributed by atoms with Crippen LogP contribution in [0.1, 0.15) is 16.7 Å². The Morgan fingerprint density at radius 1 is 1.17 bits per heavy atom. The molecule has 4 rings (SSSR count). The van der Waals surface area contributed by atoms with Crippen LogP contribution in [0, 0.1) is 6.92 Å². The third kappa shape index (κ3) is 3.18. The molecular formula is C22H24N2O4S. The van der Waals surface area contributed by atoms with Gasteiger partial charge in [0.2, 0.25) is 5.91 Å². The molecule has 2 aromatic carbocycles. The van der Waals surface area contributed by atoms with E-state index in [1.165, 1.54) is 24.4 Å². The molecule has 1 saturated heterocycles. The third-order valence-electron chi connectivity index (χ3n) is 5.43. The maximum Gasteiger partial charge on any atom is 0.268 e. The van der Waals surface area contributed by atoms with Crippen molar-refractivity contribution in [3.8, 4) is 5.75 Å². The van der Waals surface area contributed by atoms with E-state index in [-0.39, 0.29) is 18.4 Å². The van der Waals surface area contributed by atoms with Crippen molar-refractivity contribution >= 4 is 29.3 Å². The van der Waals surface area contributed by atoms with Gasteiger partial charge in [-0.1, -0.05) is 29.8 Å². The number of hydrogen-bond acceptors (Lipinski definition) is 5. The number of rotatable bonds is 5. The van der Waals surface area contributed by atoms with Crippen molar-refractivity contribution in [1.82, 2.24) is 4.90 Å². The van der Waals surface area contributed by atoms with Gasteiger partial charge < -0.3 is 19.3 Å². The highest BCUT2D eigenvalue weighted by molar-refractivity contribution is 8.01. The molecule has 6 nitrogen and oxygen atoms in total. The van der Waals surface area contributed by atoms with Crippen LogP contribution in [-0.2, 0) is 25.7 Å². The Bertz CT molecular complexity index is 946. The molecule has 0 radical (unpaired) electrons. The summed E-state index contributed by atoms with van der Waals surface area (Å²) in [5, 5.41) is 0. The summed E-state index contributed by atoms with van der Waals surface area (Å²) >= 11 is 1.50.